The molecule has 0 atom stereocenters. The van der Waals surface area contributed by atoms with Gasteiger partial charge in [-0.1, -0.05) is 6.07 Å². The van der Waals surface area contributed by atoms with Crippen LogP contribution in [-0.4, -0.2) is 11.2 Å². The first-order valence-corrected chi connectivity index (χ1v) is 6.46. The van der Waals surface area contributed by atoms with E-state index in [2.05, 4.69) is 0 Å². The van der Waals surface area contributed by atoms with Crippen LogP contribution < -0.4 is 10.5 Å². The summed E-state index contributed by atoms with van der Waals surface area (Å²) in [5.41, 5.74) is 7.21. The minimum absolute atomic E-state index is 0.194. The van der Waals surface area contributed by atoms with Crippen molar-refractivity contribution in [1.82, 2.24) is 4.57 Å². The fraction of sp³-hybridized carbons (Fsp3) is 0.125. The number of nitrogen functional groups attached to an aromatic ring is 1. The van der Waals surface area contributed by atoms with Gasteiger partial charge in [0.15, 0.2) is 0 Å². The van der Waals surface area contributed by atoms with E-state index in [0.717, 1.165) is 11.3 Å². The third kappa shape index (κ3) is 2.45. The summed E-state index contributed by atoms with van der Waals surface area (Å²) in [5.74, 6) is 0.586. The molecule has 1 heterocycles. The van der Waals surface area contributed by atoms with Crippen LogP contribution >= 0.6 is 0 Å². The highest BCUT2D eigenvalue weighted by molar-refractivity contribution is 5.80. The minimum atomic E-state index is -0.194. The molecule has 102 valence electrons. The minimum Gasteiger partial charge on any atom is -0.492 e. The van der Waals surface area contributed by atoms with Gasteiger partial charge in [0, 0.05) is 17.3 Å². The van der Waals surface area contributed by atoms with E-state index in [0.29, 0.717) is 24.2 Å². The molecule has 1 aromatic heterocycles. The molecule has 3 aromatic rings. The quantitative estimate of drug-likeness (QED) is 0.738. The van der Waals surface area contributed by atoms with E-state index < -0.39 is 0 Å². The lowest BCUT2D eigenvalue weighted by Gasteiger charge is -2.08. The third-order valence-corrected chi connectivity index (χ3v) is 3.24. The van der Waals surface area contributed by atoms with Crippen molar-refractivity contribution >= 4 is 16.6 Å². The number of rotatable bonds is 4. The highest BCUT2D eigenvalue weighted by Gasteiger charge is 2.04. The number of hydrogen-bond donors (Lipinski definition) is 1. The van der Waals surface area contributed by atoms with Crippen molar-refractivity contribution in [3.8, 4) is 5.75 Å². The van der Waals surface area contributed by atoms with Gasteiger partial charge in [0.1, 0.15) is 18.2 Å². The van der Waals surface area contributed by atoms with Crippen LogP contribution in [-0.2, 0) is 6.54 Å². The number of benzene rings is 2. The van der Waals surface area contributed by atoms with E-state index >= 15 is 0 Å². The Morgan fingerprint density at radius 1 is 1.05 bits per heavy atom. The molecule has 0 amide bonds. The van der Waals surface area contributed by atoms with Gasteiger partial charge in [0.25, 0.3) is 0 Å². The molecule has 0 spiro atoms. The molecule has 2 N–H and O–H groups in total. The largest absolute Gasteiger partial charge is 0.492 e. The molecule has 0 saturated heterocycles. The second-order valence-electron chi connectivity index (χ2n) is 4.60. The lowest BCUT2D eigenvalue weighted by atomic mass is 10.2. The number of fused-ring (bicyclic) bond motifs is 1. The van der Waals surface area contributed by atoms with Gasteiger partial charge in [-0.3, -0.25) is 0 Å². The number of aromatic nitrogens is 1. The van der Waals surface area contributed by atoms with E-state index in [1.807, 2.05) is 29.0 Å². The Hall–Kier alpha value is -2.49. The Labute approximate surface area is 116 Å². The zero-order valence-electron chi connectivity index (χ0n) is 10.9. The van der Waals surface area contributed by atoms with E-state index in [-0.39, 0.29) is 5.82 Å². The molecule has 0 aliphatic carbocycles. The number of nitrogens with zero attached hydrogens (tertiary/aromatic N) is 1. The van der Waals surface area contributed by atoms with Crippen LogP contribution in [0.2, 0.25) is 0 Å². The van der Waals surface area contributed by atoms with E-state index in [9.17, 15) is 4.39 Å². The molecule has 0 saturated carbocycles. The number of nitrogens with two attached hydrogens (primary N) is 1. The summed E-state index contributed by atoms with van der Waals surface area (Å²) in [5, 5.41) is 0.639. The molecule has 0 fully saturated rings. The van der Waals surface area contributed by atoms with Gasteiger partial charge >= 0.3 is 0 Å². The summed E-state index contributed by atoms with van der Waals surface area (Å²) in [6, 6.07) is 14.2. The molecule has 3 rings (SSSR count). The maximum absolute atomic E-state index is 13.6. The fourth-order valence-electron chi connectivity index (χ4n) is 2.21. The summed E-state index contributed by atoms with van der Waals surface area (Å²) in [6.07, 6.45) is 1.88. The number of hydrogen-bond acceptors (Lipinski definition) is 2. The summed E-state index contributed by atoms with van der Waals surface area (Å²) in [7, 11) is 0. The van der Waals surface area contributed by atoms with E-state index in [1.54, 1.807) is 24.3 Å². The van der Waals surface area contributed by atoms with Crippen LogP contribution in [0.15, 0.2) is 54.7 Å². The first kappa shape index (κ1) is 12.5. The molecule has 0 unspecified atom stereocenters. The highest BCUT2D eigenvalue weighted by atomic mass is 19.1. The van der Waals surface area contributed by atoms with Gasteiger partial charge < -0.3 is 15.0 Å². The van der Waals surface area contributed by atoms with Gasteiger partial charge in [-0.05, 0) is 42.5 Å². The van der Waals surface area contributed by atoms with E-state index in [1.165, 1.54) is 6.07 Å². The molecule has 3 nitrogen and oxygen atoms in total. The fourth-order valence-corrected chi connectivity index (χ4v) is 2.21. The highest BCUT2D eigenvalue weighted by Crippen LogP contribution is 2.19. The predicted molar refractivity (Wildman–Crippen MR) is 78.2 cm³/mol. The summed E-state index contributed by atoms with van der Waals surface area (Å²) in [4.78, 5) is 0. The predicted octanol–water partition coefficient (Wildman–Crippen LogP) is 3.44. The first-order valence-electron chi connectivity index (χ1n) is 6.46. The SMILES string of the molecule is Nc1ccc(OCCn2ccc3c(F)cccc32)cc1. The molecular formula is C16H15FN2O. The summed E-state index contributed by atoms with van der Waals surface area (Å²) < 4.78 is 21.2. The lowest BCUT2D eigenvalue weighted by Crippen LogP contribution is -2.07. The van der Waals surface area contributed by atoms with Gasteiger partial charge in [-0.2, -0.15) is 0 Å². The van der Waals surface area contributed by atoms with Crippen LogP contribution in [0.3, 0.4) is 0 Å². The summed E-state index contributed by atoms with van der Waals surface area (Å²) >= 11 is 0. The van der Waals surface area contributed by atoms with Crippen LogP contribution in [0.1, 0.15) is 0 Å². The molecule has 20 heavy (non-hydrogen) atoms. The van der Waals surface area contributed by atoms with Crippen LogP contribution in [0.4, 0.5) is 10.1 Å². The van der Waals surface area contributed by atoms with Crippen molar-refractivity contribution in [2.24, 2.45) is 0 Å². The van der Waals surface area contributed by atoms with Crippen molar-refractivity contribution in [3.63, 3.8) is 0 Å². The van der Waals surface area contributed by atoms with Crippen molar-refractivity contribution in [2.75, 3.05) is 12.3 Å². The smallest absolute Gasteiger partial charge is 0.132 e. The average molecular weight is 270 g/mol. The molecule has 0 radical (unpaired) electrons. The maximum atomic E-state index is 13.6. The molecule has 0 aliphatic heterocycles. The van der Waals surface area contributed by atoms with Crippen molar-refractivity contribution in [1.29, 1.82) is 0 Å². The van der Waals surface area contributed by atoms with E-state index in [4.69, 9.17) is 10.5 Å². The standard InChI is InChI=1S/C16H15FN2O/c17-15-2-1-3-16-14(15)8-9-19(16)10-11-20-13-6-4-12(18)5-7-13/h1-9H,10-11,18H2. The van der Waals surface area contributed by atoms with Gasteiger partial charge in [-0.15, -0.1) is 0 Å². The van der Waals surface area contributed by atoms with Gasteiger partial charge in [0.05, 0.1) is 12.1 Å². The Bertz CT molecular complexity index is 719. The zero-order valence-corrected chi connectivity index (χ0v) is 10.9. The molecule has 4 heteroatoms. The Morgan fingerprint density at radius 2 is 1.85 bits per heavy atom. The van der Waals surface area contributed by atoms with Crippen LogP contribution in [0.25, 0.3) is 10.9 Å². The second kappa shape index (κ2) is 5.25. The van der Waals surface area contributed by atoms with Crippen molar-refractivity contribution < 1.29 is 9.13 Å². The van der Waals surface area contributed by atoms with Crippen LogP contribution in [0, 0.1) is 5.82 Å². The molecule has 2 aromatic carbocycles. The molecule has 0 aliphatic rings. The Balaban J connectivity index is 1.68. The average Bonchev–Trinajstić information content (AvgIpc) is 2.86. The number of halogens is 1. The number of anilines is 1. The van der Waals surface area contributed by atoms with Gasteiger partial charge in [0.2, 0.25) is 0 Å². The van der Waals surface area contributed by atoms with Crippen molar-refractivity contribution in [2.45, 2.75) is 6.54 Å². The Kier molecular flexibility index (Phi) is 3.29. The first-order chi connectivity index (χ1) is 9.74. The molecular weight excluding hydrogens is 255 g/mol. The number of ether oxygens (including phenoxy) is 1. The van der Waals surface area contributed by atoms with Gasteiger partial charge in [-0.25, -0.2) is 4.39 Å². The molecule has 0 bridgehead atoms. The monoisotopic (exact) mass is 270 g/mol. The van der Waals surface area contributed by atoms with Crippen LogP contribution in [0.5, 0.6) is 5.75 Å². The zero-order chi connectivity index (χ0) is 13.9. The Morgan fingerprint density at radius 3 is 2.65 bits per heavy atom. The normalized spacial score (nSPS) is 10.8. The second-order valence-corrected chi connectivity index (χ2v) is 4.60. The van der Waals surface area contributed by atoms with Crippen molar-refractivity contribution in [3.05, 3.63) is 60.5 Å². The summed E-state index contributed by atoms with van der Waals surface area (Å²) in [6.45, 7) is 1.18. The lowest BCUT2D eigenvalue weighted by molar-refractivity contribution is 0.300. The third-order valence-electron chi connectivity index (χ3n) is 3.24. The topological polar surface area (TPSA) is 40.2 Å². The maximum Gasteiger partial charge on any atom is 0.132 e.